The Morgan fingerprint density at radius 3 is 2.04 bits per heavy atom. The third-order valence-corrected chi connectivity index (χ3v) is 10.0. The summed E-state index contributed by atoms with van der Waals surface area (Å²) in [5.41, 5.74) is 2.45. The predicted octanol–water partition coefficient (Wildman–Crippen LogP) is 7.28. The van der Waals surface area contributed by atoms with E-state index in [4.69, 9.17) is 9.16 Å². The molecule has 0 aliphatic rings. The van der Waals surface area contributed by atoms with E-state index in [2.05, 4.69) is 46.4 Å². The van der Waals surface area contributed by atoms with Crippen LogP contribution in [0.3, 0.4) is 0 Å². The monoisotopic (exact) mass is 362 g/mol. The molecule has 0 spiro atoms. The molecule has 1 rings (SSSR count). The molecule has 0 aliphatic carbocycles. The van der Waals surface area contributed by atoms with E-state index < -0.39 is 8.32 Å². The Hall–Kier alpha value is -1.06. The zero-order valence-electron chi connectivity index (χ0n) is 17.1. The summed E-state index contributed by atoms with van der Waals surface area (Å²) in [4.78, 5) is 0. The van der Waals surface area contributed by atoms with Crippen molar-refractivity contribution in [3.63, 3.8) is 0 Å². The second-order valence-corrected chi connectivity index (χ2v) is 11.7. The number of benzene rings is 1. The Balaban J connectivity index is 2.97. The van der Waals surface area contributed by atoms with E-state index in [1.807, 2.05) is 12.1 Å². The number of rotatable bonds is 13. The van der Waals surface area contributed by atoms with Crippen LogP contribution in [0.1, 0.15) is 71.5 Å². The fourth-order valence-electron chi connectivity index (χ4n) is 3.33. The minimum atomic E-state index is -1.69. The molecule has 2 nitrogen and oxygen atoms in total. The van der Waals surface area contributed by atoms with Gasteiger partial charge in [-0.3, -0.25) is 0 Å². The lowest BCUT2D eigenvalue weighted by Gasteiger charge is -2.34. The fraction of sp³-hybridized carbons (Fsp3) is 0.636. The number of hydrogen-bond acceptors (Lipinski definition) is 2. The Morgan fingerprint density at radius 1 is 0.960 bits per heavy atom. The number of hydrogen-bond donors (Lipinski definition) is 0. The average Bonchev–Trinajstić information content (AvgIpc) is 2.67. The van der Waals surface area contributed by atoms with E-state index in [9.17, 15) is 0 Å². The standard InChI is InChI=1S/C22H38O2Si/c1-7-11-12-13-14-19(5)22(24-25(8-2,9-3)10-4)20-15-17-21(23-6)18-16-20/h15-18,22H,5,7-14H2,1-4,6H3. The molecule has 0 saturated carbocycles. The van der Waals surface area contributed by atoms with Gasteiger partial charge < -0.3 is 9.16 Å². The molecule has 142 valence electrons. The summed E-state index contributed by atoms with van der Waals surface area (Å²) in [6, 6.07) is 11.8. The molecule has 0 fully saturated rings. The third kappa shape index (κ3) is 6.63. The second-order valence-electron chi connectivity index (χ2n) is 6.98. The molecule has 0 aromatic heterocycles. The van der Waals surface area contributed by atoms with Gasteiger partial charge in [-0.05, 0) is 54.2 Å². The third-order valence-electron chi connectivity index (χ3n) is 5.44. The molecule has 1 unspecified atom stereocenters. The topological polar surface area (TPSA) is 18.5 Å². The van der Waals surface area contributed by atoms with E-state index in [0.29, 0.717) is 0 Å². The zero-order valence-corrected chi connectivity index (χ0v) is 18.1. The largest absolute Gasteiger partial charge is 0.497 e. The van der Waals surface area contributed by atoms with Gasteiger partial charge in [-0.25, -0.2) is 0 Å². The Bertz CT molecular complexity index is 483. The molecule has 3 heteroatoms. The molecule has 1 aromatic rings. The van der Waals surface area contributed by atoms with Crippen LogP contribution in [0.4, 0.5) is 0 Å². The Labute approximate surface area is 156 Å². The van der Waals surface area contributed by atoms with Crippen LogP contribution in [0.15, 0.2) is 36.4 Å². The van der Waals surface area contributed by atoms with Gasteiger partial charge >= 0.3 is 0 Å². The van der Waals surface area contributed by atoms with Gasteiger partial charge in [0.1, 0.15) is 5.75 Å². The van der Waals surface area contributed by atoms with E-state index in [0.717, 1.165) is 30.3 Å². The van der Waals surface area contributed by atoms with Crippen molar-refractivity contribution in [1.29, 1.82) is 0 Å². The quantitative estimate of drug-likeness (QED) is 0.208. The number of ether oxygens (including phenoxy) is 1. The lowest BCUT2D eigenvalue weighted by atomic mass is 9.98. The maximum absolute atomic E-state index is 6.86. The summed E-state index contributed by atoms with van der Waals surface area (Å²) in [6.45, 7) is 13.5. The molecule has 0 aliphatic heterocycles. The highest BCUT2D eigenvalue weighted by Gasteiger charge is 2.33. The predicted molar refractivity (Wildman–Crippen MR) is 112 cm³/mol. The maximum atomic E-state index is 6.86. The van der Waals surface area contributed by atoms with Crippen molar-refractivity contribution in [2.24, 2.45) is 0 Å². The number of unbranched alkanes of at least 4 members (excludes halogenated alkanes) is 3. The smallest absolute Gasteiger partial charge is 0.193 e. The summed E-state index contributed by atoms with van der Waals surface area (Å²) in [6.07, 6.45) is 6.14. The molecule has 0 heterocycles. The van der Waals surface area contributed by atoms with Gasteiger partial charge in [0.05, 0.1) is 13.2 Å². The first kappa shape index (κ1) is 22.0. The summed E-state index contributed by atoms with van der Waals surface area (Å²) in [5.74, 6) is 0.890. The van der Waals surface area contributed by atoms with Gasteiger partial charge in [-0.15, -0.1) is 0 Å². The molecule has 0 radical (unpaired) electrons. The molecule has 0 bridgehead atoms. The van der Waals surface area contributed by atoms with Gasteiger partial charge in [0.2, 0.25) is 0 Å². The first-order valence-corrected chi connectivity index (χ1v) is 12.6. The highest BCUT2D eigenvalue weighted by molar-refractivity contribution is 6.73. The molecular weight excluding hydrogens is 324 g/mol. The van der Waals surface area contributed by atoms with Gasteiger partial charge in [0, 0.05) is 0 Å². The van der Waals surface area contributed by atoms with E-state index in [-0.39, 0.29) is 6.10 Å². The second kappa shape index (κ2) is 11.5. The van der Waals surface area contributed by atoms with Crippen molar-refractivity contribution in [3.8, 4) is 5.75 Å². The van der Waals surface area contributed by atoms with Crippen LogP contribution >= 0.6 is 0 Å². The molecule has 25 heavy (non-hydrogen) atoms. The molecular formula is C22H38O2Si. The molecule has 0 amide bonds. The lowest BCUT2D eigenvalue weighted by Crippen LogP contribution is -2.37. The maximum Gasteiger partial charge on any atom is 0.193 e. The van der Waals surface area contributed by atoms with Crippen LogP contribution in [0.25, 0.3) is 0 Å². The normalized spacial score (nSPS) is 12.8. The van der Waals surface area contributed by atoms with E-state index in [1.165, 1.54) is 36.8 Å². The summed E-state index contributed by atoms with van der Waals surface area (Å²) in [7, 11) is 0.0127. The highest BCUT2D eigenvalue weighted by Crippen LogP contribution is 2.36. The first-order chi connectivity index (χ1) is 12.1. The summed E-state index contributed by atoms with van der Waals surface area (Å²) < 4.78 is 12.2. The SMILES string of the molecule is C=C(CCCCCC)C(O[Si](CC)(CC)CC)c1ccc(OC)cc1. The first-order valence-electron chi connectivity index (χ1n) is 10.0. The van der Waals surface area contributed by atoms with Crippen LogP contribution < -0.4 is 4.74 Å². The van der Waals surface area contributed by atoms with Crippen molar-refractivity contribution in [1.82, 2.24) is 0 Å². The molecule has 0 saturated heterocycles. The van der Waals surface area contributed by atoms with Crippen molar-refractivity contribution < 1.29 is 9.16 Å². The average molecular weight is 363 g/mol. The van der Waals surface area contributed by atoms with Crippen molar-refractivity contribution >= 4 is 8.32 Å². The zero-order chi connectivity index (χ0) is 18.7. The van der Waals surface area contributed by atoms with Crippen LogP contribution in [0.5, 0.6) is 5.75 Å². The molecule has 0 N–H and O–H groups in total. The minimum absolute atomic E-state index is 0.0269. The minimum Gasteiger partial charge on any atom is -0.497 e. The summed E-state index contributed by atoms with van der Waals surface area (Å²) >= 11 is 0. The van der Waals surface area contributed by atoms with Crippen LogP contribution in [0.2, 0.25) is 18.1 Å². The summed E-state index contributed by atoms with van der Waals surface area (Å²) in [5, 5.41) is 0. The van der Waals surface area contributed by atoms with Gasteiger partial charge in [-0.2, -0.15) is 0 Å². The molecule has 1 atom stereocenters. The fourth-order valence-corrected chi connectivity index (χ4v) is 6.13. The molecule has 1 aromatic carbocycles. The number of methoxy groups -OCH3 is 1. The Kier molecular flexibility index (Phi) is 10.1. The highest BCUT2D eigenvalue weighted by atomic mass is 28.4. The van der Waals surface area contributed by atoms with Gasteiger partial charge in [0.15, 0.2) is 8.32 Å². The van der Waals surface area contributed by atoms with Crippen LogP contribution in [-0.2, 0) is 4.43 Å². The Morgan fingerprint density at radius 2 is 1.56 bits per heavy atom. The van der Waals surface area contributed by atoms with Crippen molar-refractivity contribution in [2.45, 2.75) is 84.0 Å². The van der Waals surface area contributed by atoms with Crippen molar-refractivity contribution in [2.75, 3.05) is 7.11 Å². The van der Waals surface area contributed by atoms with Crippen LogP contribution in [0, 0.1) is 0 Å². The van der Waals surface area contributed by atoms with Crippen molar-refractivity contribution in [3.05, 3.63) is 42.0 Å². The van der Waals surface area contributed by atoms with Gasteiger partial charge in [0.25, 0.3) is 0 Å². The van der Waals surface area contributed by atoms with E-state index >= 15 is 0 Å². The van der Waals surface area contributed by atoms with Crippen LogP contribution in [-0.4, -0.2) is 15.4 Å². The van der Waals surface area contributed by atoms with Gasteiger partial charge in [-0.1, -0.05) is 65.7 Å². The van der Waals surface area contributed by atoms with E-state index in [1.54, 1.807) is 7.11 Å². The lowest BCUT2D eigenvalue weighted by molar-refractivity contribution is 0.221.